The smallest absolute Gasteiger partial charge is 0.159 e. The Hall–Kier alpha value is -1.07. The molecule has 0 bridgehead atoms. The van der Waals surface area contributed by atoms with Crippen LogP contribution in [0.5, 0.6) is 0 Å². The van der Waals surface area contributed by atoms with Crippen LogP contribution in [0.4, 0.5) is 0 Å². The molecule has 5 heteroatoms. The Morgan fingerprint density at radius 3 is 2.83 bits per heavy atom. The number of hydrogen-bond acceptors (Lipinski definition) is 4. The average Bonchev–Trinajstić information content (AvgIpc) is 2.97. The molecule has 96 valence electrons. The molecule has 0 amide bonds. The van der Waals surface area contributed by atoms with E-state index in [9.17, 15) is 0 Å². The molecule has 1 unspecified atom stereocenters. The standard InChI is InChI=1S/C13H14ClNO3/c14-9-3-1-2-8-6-11(18-13(8)9)10(15)7-12-16-4-5-17-12/h1-3,6,10,12H,4-5,7,15H2. The largest absolute Gasteiger partial charge is 0.458 e. The zero-order chi connectivity index (χ0) is 12.5. The molecule has 1 aromatic carbocycles. The van der Waals surface area contributed by atoms with Gasteiger partial charge in [-0.1, -0.05) is 23.7 Å². The van der Waals surface area contributed by atoms with Crippen molar-refractivity contribution in [2.75, 3.05) is 13.2 Å². The molecule has 0 spiro atoms. The molecule has 2 N–H and O–H groups in total. The number of fused-ring (bicyclic) bond motifs is 1. The number of benzene rings is 1. The van der Waals surface area contributed by atoms with E-state index in [1.807, 2.05) is 18.2 Å². The van der Waals surface area contributed by atoms with Crippen molar-refractivity contribution in [1.29, 1.82) is 0 Å². The van der Waals surface area contributed by atoms with Crippen LogP contribution in [0.15, 0.2) is 28.7 Å². The van der Waals surface area contributed by atoms with Crippen molar-refractivity contribution in [3.8, 4) is 0 Å². The van der Waals surface area contributed by atoms with Gasteiger partial charge in [0.1, 0.15) is 5.76 Å². The third kappa shape index (κ3) is 2.24. The summed E-state index contributed by atoms with van der Waals surface area (Å²) in [5.74, 6) is 0.706. The van der Waals surface area contributed by atoms with Gasteiger partial charge in [0.15, 0.2) is 11.9 Å². The summed E-state index contributed by atoms with van der Waals surface area (Å²) in [4.78, 5) is 0. The van der Waals surface area contributed by atoms with Gasteiger partial charge in [-0.25, -0.2) is 0 Å². The van der Waals surface area contributed by atoms with E-state index >= 15 is 0 Å². The molecule has 1 aromatic heterocycles. The van der Waals surface area contributed by atoms with Gasteiger partial charge in [-0.15, -0.1) is 0 Å². The lowest BCUT2D eigenvalue weighted by molar-refractivity contribution is -0.0517. The van der Waals surface area contributed by atoms with Crippen LogP contribution >= 0.6 is 11.6 Å². The molecule has 2 aromatic rings. The minimum atomic E-state index is -0.253. The summed E-state index contributed by atoms with van der Waals surface area (Å²) in [5.41, 5.74) is 6.77. The Labute approximate surface area is 110 Å². The molecule has 0 aliphatic carbocycles. The van der Waals surface area contributed by atoms with Crippen LogP contribution < -0.4 is 5.73 Å². The van der Waals surface area contributed by atoms with E-state index in [1.165, 1.54) is 0 Å². The quantitative estimate of drug-likeness (QED) is 0.929. The maximum Gasteiger partial charge on any atom is 0.159 e. The van der Waals surface area contributed by atoms with Gasteiger partial charge in [-0.05, 0) is 12.1 Å². The molecule has 1 saturated heterocycles. The Morgan fingerprint density at radius 1 is 1.33 bits per heavy atom. The summed E-state index contributed by atoms with van der Waals surface area (Å²) >= 11 is 6.06. The van der Waals surface area contributed by atoms with Crippen LogP contribution in [0.1, 0.15) is 18.2 Å². The third-order valence-corrected chi connectivity index (χ3v) is 3.32. The summed E-state index contributed by atoms with van der Waals surface area (Å²) in [6.07, 6.45) is 0.348. The molecule has 0 saturated carbocycles. The third-order valence-electron chi connectivity index (χ3n) is 3.02. The second-order valence-electron chi connectivity index (χ2n) is 4.32. The highest BCUT2D eigenvalue weighted by molar-refractivity contribution is 6.34. The number of nitrogens with two attached hydrogens (primary N) is 1. The predicted molar refractivity (Wildman–Crippen MR) is 68.5 cm³/mol. The van der Waals surface area contributed by atoms with Crippen molar-refractivity contribution in [3.05, 3.63) is 35.0 Å². The fourth-order valence-corrected chi connectivity index (χ4v) is 2.32. The monoisotopic (exact) mass is 267 g/mol. The number of furan rings is 1. The highest BCUT2D eigenvalue weighted by atomic mass is 35.5. The number of para-hydroxylation sites is 1. The van der Waals surface area contributed by atoms with E-state index in [2.05, 4.69) is 0 Å². The van der Waals surface area contributed by atoms with Gasteiger partial charge in [-0.3, -0.25) is 0 Å². The molecular formula is C13H14ClNO3. The van der Waals surface area contributed by atoms with Crippen molar-refractivity contribution in [2.24, 2.45) is 5.73 Å². The Bertz CT molecular complexity index is 548. The van der Waals surface area contributed by atoms with Crippen LogP contribution in [0.2, 0.25) is 5.02 Å². The van der Waals surface area contributed by atoms with E-state index < -0.39 is 0 Å². The summed E-state index contributed by atoms with van der Waals surface area (Å²) in [5, 5.41) is 1.56. The van der Waals surface area contributed by atoms with Crippen LogP contribution in [-0.2, 0) is 9.47 Å². The van der Waals surface area contributed by atoms with Gasteiger partial charge in [0.05, 0.1) is 24.3 Å². The Balaban J connectivity index is 1.82. The Kier molecular flexibility index (Phi) is 3.26. The van der Waals surface area contributed by atoms with E-state index in [0.717, 1.165) is 5.39 Å². The molecular weight excluding hydrogens is 254 g/mol. The zero-order valence-corrected chi connectivity index (χ0v) is 10.5. The summed E-state index contributed by atoms with van der Waals surface area (Å²) < 4.78 is 16.4. The maximum atomic E-state index is 6.09. The minimum absolute atomic E-state index is 0.233. The zero-order valence-electron chi connectivity index (χ0n) is 9.77. The second kappa shape index (κ2) is 4.90. The first-order chi connectivity index (χ1) is 8.74. The van der Waals surface area contributed by atoms with Crippen molar-refractivity contribution < 1.29 is 13.9 Å². The molecule has 2 heterocycles. The van der Waals surface area contributed by atoms with Gasteiger partial charge < -0.3 is 19.6 Å². The molecule has 18 heavy (non-hydrogen) atoms. The second-order valence-corrected chi connectivity index (χ2v) is 4.73. The number of rotatable bonds is 3. The van der Waals surface area contributed by atoms with Gasteiger partial charge in [0, 0.05) is 11.8 Å². The van der Waals surface area contributed by atoms with Crippen LogP contribution in [0.3, 0.4) is 0 Å². The van der Waals surface area contributed by atoms with Gasteiger partial charge >= 0.3 is 0 Å². The summed E-state index contributed by atoms with van der Waals surface area (Å²) in [6.45, 7) is 1.26. The molecule has 1 aliphatic heterocycles. The molecule has 4 nitrogen and oxygen atoms in total. The van der Waals surface area contributed by atoms with Crippen LogP contribution in [0.25, 0.3) is 11.0 Å². The maximum absolute atomic E-state index is 6.09. The molecule has 1 atom stereocenters. The average molecular weight is 268 g/mol. The fraction of sp³-hybridized carbons (Fsp3) is 0.385. The van der Waals surface area contributed by atoms with Crippen molar-refractivity contribution in [1.82, 2.24) is 0 Å². The lowest BCUT2D eigenvalue weighted by atomic mass is 10.1. The highest BCUT2D eigenvalue weighted by Gasteiger charge is 2.22. The predicted octanol–water partition coefficient (Wildman–Crippen LogP) is 2.85. The van der Waals surface area contributed by atoms with E-state index in [-0.39, 0.29) is 12.3 Å². The summed E-state index contributed by atoms with van der Waals surface area (Å²) in [6, 6.07) is 7.30. The van der Waals surface area contributed by atoms with Crippen molar-refractivity contribution >= 4 is 22.6 Å². The number of halogens is 1. The molecule has 3 rings (SSSR count). The fourth-order valence-electron chi connectivity index (χ4n) is 2.10. The Morgan fingerprint density at radius 2 is 2.11 bits per heavy atom. The van der Waals surface area contributed by atoms with Crippen LogP contribution in [0, 0.1) is 0 Å². The van der Waals surface area contributed by atoms with Gasteiger partial charge in [0.2, 0.25) is 0 Å². The topological polar surface area (TPSA) is 57.6 Å². The highest BCUT2D eigenvalue weighted by Crippen LogP contribution is 2.30. The first-order valence-corrected chi connectivity index (χ1v) is 6.28. The SMILES string of the molecule is NC(CC1OCCO1)c1cc2cccc(Cl)c2o1. The lowest BCUT2D eigenvalue weighted by Crippen LogP contribution is -2.18. The van der Waals surface area contributed by atoms with E-state index in [4.69, 9.17) is 31.2 Å². The van der Waals surface area contributed by atoms with Gasteiger partial charge in [0.25, 0.3) is 0 Å². The molecule has 1 aliphatic rings. The van der Waals surface area contributed by atoms with E-state index in [1.54, 1.807) is 6.07 Å². The number of hydrogen-bond donors (Lipinski definition) is 1. The normalized spacial score (nSPS) is 18.6. The molecule has 0 radical (unpaired) electrons. The first-order valence-electron chi connectivity index (χ1n) is 5.91. The van der Waals surface area contributed by atoms with Crippen LogP contribution in [-0.4, -0.2) is 19.5 Å². The molecule has 1 fully saturated rings. The van der Waals surface area contributed by atoms with E-state index in [0.29, 0.717) is 36.0 Å². The first kappa shape index (κ1) is 12.0. The van der Waals surface area contributed by atoms with Crippen molar-refractivity contribution in [3.63, 3.8) is 0 Å². The summed E-state index contributed by atoms with van der Waals surface area (Å²) in [7, 11) is 0. The minimum Gasteiger partial charge on any atom is -0.458 e. The number of ether oxygens (including phenoxy) is 2. The lowest BCUT2D eigenvalue weighted by Gasteiger charge is -2.13. The van der Waals surface area contributed by atoms with Gasteiger partial charge in [-0.2, -0.15) is 0 Å². The van der Waals surface area contributed by atoms with Crippen molar-refractivity contribution in [2.45, 2.75) is 18.8 Å².